The lowest BCUT2D eigenvalue weighted by Crippen LogP contribution is -2.40. The Kier molecular flexibility index (Phi) is 7.25. The number of rotatable bonds is 9. The topological polar surface area (TPSA) is 103 Å². The van der Waals surface area contributed by atoms with Gasteiger partial charge in [0.25, 0.3) is 5.56 Å². The van der Waals surface area contributed by atoms with Crippen molar-refractivity contribution >= 4 is 21.6 Å². The molecular weight excluding hydrogens is 512 g/mol. The molecule has 39 heavy (non-hydrogen) atoms. The van der Waals surface area contributed by atoms with Gasteiger partial charge in [0.15, 0.2) is 5.82 Å². The molecule has 0 aliphatic heterocycles. The van der Waals surface area contributed by atoms with Crippen LogP contribution in [0.15, 0.2) is 110 Å². The molecule has 9 heteroatoms. The molecule has 2 aromatic carbocycles. The van der Waals surface area contributed by atoms with Crippen LogP contribution in [0.3, 0.4) is 0 Å². The fraction of sp³-hybridized carbons (Fsp3) is 0.133. The third kappa shape index (κ3) is 5.04. The maximum absolute atomic E-state index is 13.7. The number of nitrogens with zero attached hydrogens (tertiary/aromatic N) is 3. The van der Waals surface area contributed by atoms with E-state index < -0.39 is 5.76 Å². The number of thiophene rings is 1. The number of hydrogen-bond acceptors (Lipinski definition) is 6. The van der Waals surface area contributed by atoms with E-state index in [0.29, 0.717) is 22.6 Å². The normalized spacial score (nSPS) is 11.7. The maximum Gasteiger partial charge on any atom is 0.439 e. The largest absolute Gasteiger partial charge is 0.439 e. The summed E-state index contributed by atoms with van der Waals surface area (Å²) in [4.78, 5) is 42.8. The van der Waals surface area contributed by atoms with Gasteiger partial charge in [0, 0.05) is 10.4 Å². The first kappa shape index (κ1) is 25.9. The van der Waals surface area contributed by atoms with E-state index in [2.05, 4.69) is 27.8 Å². The molecule has 0 bridgehead atoms. The molecule has 0 spiro atoms. The highest BCUT2D eigenvalue weighted by Gasteiger charge is 2.17. The van der Waals surface area contributed by atoms with Crippen molar-refractivity contribution in [2.24, 2.45) is 0 Å². The van der Waals surface area contributed by atoms with Crippen molar-refractivity contribution in [2.45, 2.75) is 26.4 Å². The number of hydrogen-bond donors (Lipinski definition) is 1. The summed E-state index contributed by atoms with van der Waals surface area (Å²) in [6.45, 7) is 9.95. The average Bonchev–Trinajstić information content (AvgIpc) is 3.60. The molecule has 0 fully saturated rings. The molecule has 0 saturated heterocycles. The molecule has 3 heterocycles. The molecular formula is C30H26N4O4S. The Balaban J connectivity index is 1.56. The van der Waals surface area contributed by atoms with Gasteiger partial charge in [0.05, 0.1) is 18.5 Å². The molecule has 0 aliphatic rings. The molecule has 0 aliphatic carbocycles. The van der Waals surface area contributed by atoms with Crippen LogP contribution in [-0.4, -0.2) is 19.3 Å². The zero-order valence-corrected chi connectivity index (χ0v) is 22.2. The monoisotopic (exact) mass is 538 g/mol. The van der Waals surface area contributed by atoms with E-state index in [1.807, 2.05) is 61.5 Å². The van der Waals surface area contributed by atoms with Gasteiger partial charge in [-0.25, -0.2) is 9.59 Å². The van der Waals surface area contributed by atoms with Crippen molar-refractivity contribution in [3.8, 4) is 22.5 Å². The number of fused-ring (bicyclic) bond motifs is 1. The zero-order valence-electron chi connectivity index (χ0n) is 21.3. The first-order valence-electron chi connectivity index (χ1n) is 12.4. The third-order valence-electron chi connectivity index (χ3n) is 6.46. The van der Waals surface area contributed by atoms with Crippen molar-refractivity contribution in [2.75, 3.05) is 0 Å². The summed E-state index contributed by atoms with van der Waals surface area (Å²) < 4.78 is 7.61. The van der Waals surface area contributed by atoms with Crippen LogP contribution in [0.4, 0.5) is 0 Å². The minimum atomic E-state index is -0.617. The van der Waals surface area contributed by atoms with Gasteiger partial charge in [-0.2, -0.15) is 0 Å². The van der Waals surface area contributed by atoms with E-state index in [9.17, 15) is 14.4 Å². The highest BCUT2D eigenvalue weighted by molar-refractivity contribution is 7.18. The minimum Gasteiger partial charge on any atom is -0.296 e. The zero-order chi connectivity index (χ0) is 27.5. The number of aryl methyl sites for hydroxylation is 1. The van der Waals surface area contributed by atoms with Gasteiger partial charge in [0.2, 0.25) is 0 Å². The molecule has 8 nitrogen and oxygen atoms in total. The van der Waals surface area contributed by atoms with Gasteiger partial charge in [-0.15, -0.1) is 11.3 Å². The Morgan fingerprint density at radius 3 is 2.44 bits per heavy atom. The van der Waals surface area contributed by atoms with Gasteiger partial charge in [-0.05, 0) is 34.8 Å². The van der Waals surface area contributed by atoms with Crippen LogP contribution in [0.1, 0.15) is 17.4 Å². The van der Waals surface area contributed by atoms with E-state index in [-0.39, 0.29) is 17.8 Å². The Hall–Kier alpha value is -4.76. The second-order valence-corrected chi connectivity index (χ2v) is 10.0. The third-order valence-corrected chi connectivity index (χ3v) is 7.76. The van der Waals surface area contributed by atoms with E-state index in [1.165, 1.54) is 15.9 Å². The van der Waals surface area contributed by atoms with E-state index in [1.54, 1.807) is 22.8 Å². The molecule has 196 valence electrons. The highest BCUT2D eigenvalue weighted by atomic mass is 32.1. The quantitative estimate of drug-likeness (QED) is 0.262. The van der Waals surface area contributed by atoms with Crippen molar-refractivity contribution in [1.82, 2.24) is 19.3 Å². The van der Waals surface area contributed by atoms with Crippen LogP contribution in [0.2, 0.25) is 0 Å². The fourth-order valence-electron chi connectivity index (χ4n) is 4.48. The molecule has 3 aromatic heterocycles. The molecule has 0 atom stereocenters. The minimum absolute atomic E-state index is 0.111. The van der Waals surface area contributed by atoms with Gasteiger partial charge < -0.3 is 0 Å². The Morgan fingerprint density at radius 2 is 1.79 bits per heavy atom. The standard InChI is InChI=1S/C30H26N4O4S/c1-4-9-19(5-2)17-33-27(35)25-16-22(6-3)39-28(25)34(30(33)37)18-20-12-14-21(15-13-20)23-10-7-8-11-24(23)26-31-29(36)38-32-26/h4-5,7-16H,1-2,6,17-18H2,3H3,(H,31,32,36)/b19-9+. The summed E-state index contributed by atoms with van der Waals surface area (Å²) in [7, 11) is 0. The fourth-order valence-corrected chi connectivity index (χ4v) is 5.56. The lowest BCUT2D eigenvalue weighted by molar-refractivity contribution is 0.388. The van der Waals surface area contributed by atoms with Crippen molar-refractivity contribution < 1.29 is 4.52 Å². The molecule has 1 N–H and O–H groups in total. The number of allylic oxidation sites excluding steroid dienone is 4. The summed E-state index contributed by atoms with van der Waals surface area (Å²) >= 11 is 1.47. The second kappa shape index (κ2) is 10.9. The van der Waals surface area contributed by atoms with Crippen molar-refractivity contribution in [1.29, 1.82) is 0 Å². The first-order chi connectivity index (χ1) is 18.9. The van der Waals surface area contributed by atoms with E-state index >= 15 is 0 Å². The van der Waals surface area contributed by atoms with Crippen LogP contribution in [-0.2, 0) is 19.5 Å². The summed E-state index contributed by atoms with van der Waals surface area (Å²) in [6.07, 6.45) is 5.74. The lowest BCUT2D eigenvalue weighted by Gasteiger charge is -2.13. The summed E-state index contributed by atoms with van der Waals surface area (Å²) in [6, 6.07) is 17.3. The number of aromatic amines is 1. The Morgan fingerprint density at radius 1 is 1.05 bits per heavy atom. The van der Waals surface area contributed by atoms with Crippen LogP contribution >= 0.6 is 11.3 Å². The lowest BCUT2D eigenvalue weighted by atomic mass is 9.98. The predicted molar refractivity (Wildman–Crippen MR) is 155 cm³/mol. The molecule has 0 amide bonds. The smallest absolute Gasteiger partial charge is 0.296 e. The van der Waals surface area contributed by atoms with Gasteiger partial charge in [-0.1, -0.05) is 92.0 Å². The van der Waals surface area contributed by atoms with Gasteiger partial charge >= 0.3 is 11.4 Å². The maximum atomic E-state index is 13.7. The van der Waals surface area contributed by atoms with Crippen LogP contribution in [0.25, 0.3) is 32.7 Å². The van der Waals surface area contributed by atoms with Crippen molar-refractivity contribution in [3.05, 3.63) is 133 Å². The number of aromatic nitrogens is 4. The SMILES string of the molecule is C=C/C=C(\C=C)Cn1c(=O)c2cc(CC)sc2n(Cc2ccc(-c3ccccc3-c3noc(=O)[nH]3)cc2)c1=O. The Labute approximate surface area is 227 Å². The molecule has 5 rings (SSSR count). The number of nitrogens with one attached hydrogen (secondary N) is 1. The predicted octanol–water partition coefficient (Wildman–Crippen LogP) is 5.14. The summed E-state index contributed by atoms with van der Waals surface area (Å²) in [5, 5.41) is 4.36. The van der Waals surface area contributed by atoms with Crippen LogP contribution in [0, 0.1) is 0 Å². The molecule has 5 aromatic rings. The van der Waals surface area contributed by atoms with E-state index in [4.69, 9.17) is 0 Å². The molecule has 0 saturated carbocycles. The summed E-state index contributed by atoms with van der Waals surface area (Å²) in [5.41, 5.74) is 3.45. The Bertz CT molecular complexity index is 1900. The molecule has 0 radical (unpaired) electrons. The van der Waals surface area contributed by atoms with Crippen LogP contribution < -0.4 is 17.0 Å². The first-order valence-corrected chi connectivity index (χ1v) is 13.2. The summed E-state index contributed by atoms with van der Waals surface area (Å²) in [5.74, 6) is -0.266. The second-order valence-electron chi connectivity index (χ2n) is 8.91. The van der Waals surface area contributed by atoms with Gasteiger partial charge in [-0.3, -0.25) is 23.4 Å². The van der Waals surface area contributed by atoms with Gasteiger partial charge in [0.1, 0.15) is 4.83 Å². The van der Waals surface area contributed by atoms with Crippen LogP contribution in [0.5, 0.6) is 0 Å². The number of H-pyrrole nitrogens is 1. The van der Waals surface area contributed by atoms with E-state index in [0.717, 1.165) is 39.1 Å². The van der Waals surface area contributed by atoms with Crippen molar-refractivity contribution in [3.63, 3.8) is 0 Å². The average molecular weight is 539 g/mol. The number of benzene rings is 2. The molecule has 0 unspecified atom stereocenters. The highest BCUT2D eigenvalue weighted by Crippen LogP contribution is 2.30.